The predicted molar refractivity (Wildman–Crippen MR) is 183 cm³/mol. The van der Waals surface area contributed by atoms with Crippen LogP contribution in [-0.2, 0) is 17.0 Å². The molecule has 0 aliphatic rings. The van der Waals surface area contributed by atoms with Crippen LogP contribution in [0.5, 0.6) is 0 Å². The van der Waals surface area contributed by atoms with E-state index in [1.54, 1.807) is 10.6 Å². The van der Waals surface area contributed by atoms with E-state index >= 15 is 0 Å². The molecular formula is C34H48Cl2P2Ti-2. The summed E-state index contributed by atoms with van der Waals surface area (Å²) in [7, 11) is 9.88. The first-order chi connectivity index (χ1) is 18.8. The van der Waals surface area contributed by atoms with E-state index in [1.807, 2.05) is 0 Å². The van der Waals surface area contributed by atoms with Crippen molar-refractivity contribution in [2.75, 3.05) is 24.6 Å². The molecule has 0 saturated carbocycles. The van der Waals surface area contributed by atoms with Gasteiger partial charge in [0.25, 0.3) is 0 Å². The van der Waals surface area contributed by atoms with Gasteiger partial charge in [0, 0.05) is 0 Å². The summed E-state index contributed by atoms with van der Waals surface area (Å²) < 4.78 is 0. The molecule has 0 heterocycles. The summed E-state index contributed by atoms with van der Waals surface area (Å²) in [4.78, 5) is 0. The van der Waals surface area contributed by atoms with Crippen LogP contribution in [0.25, 0.3) is 21.5 Å². The SMILES string of the molecule is CC(C)CP(CC(C)C)c1cc2ccccc2[cH-]1.CCCCP(CCCC)c1cc2ccccc2[cH-]1.[Cl][Ti][Cl]. The second-order valence-electron chi connectivity index (χ2n) is 11.1. The maximum atomic E-state index is 4.89. The number of fused-ring (bicyclic) bond motifs is 2. The third-order valence-corrected chi connectivity index (χ3v) is 12.7. The molecule has 0 aromatic heterocycles. The predicted octanol–water partition coefficient (Wildman–Crippen LogP) is 11.6. The van der Waals surface area contributed by atoms with Crippen LogP contribution in [0.1, 0.15) is 67.2 Å². The molecule has 0 aliphatic carbocycles. The monoisotopic (exact) mass is 636 g/mol. The van der Waals surface area contributed by atoms with Crippen molar-refractivity contribution in [2.24, 2.45) is 11.8 Å². The van der Waals surface area contributed by atoms with Gasteiger partial charge in [-0.15, -0.1) is 80.7 Å². The topological polar surface area (TPSA) is 0 Å². The Morgan fingerprint density at radius 1 is 0.667 bits per heavy atom. The zero-order chi connectivity index (χ0) is 28.6. The first-order valence-electron chi connectivity index (χ1n) is 14.6. The normalized spacial score (nSPS) is 11.3. The summed E-state index contributed by atoms with van der Waals surface area (Å²) in [5, 5.41) is 8.91. The van der Waals surface area contributed by atoms with Crippen molar-refractivity contribution in [2.45, 2.75) is 67.2 Å². The van der Waals surface area contributed by atoms with Gasteiger partial charge < -0.3 is 0 Å². The van der Waals surface area contributed by atoms with E-state index in [1.165, 1.54) is 71.9 Å². The summed E-state index contributed by atoms with van der Waals surface area (Å²) in [6.45, 7) is 14.0. The molecule has 0 atom stereocenters. The van der Waals surface area contributed by atoms with Crippen molar-refractivity contribution in [3.63, 3.8) is 0 Å². The third-order valence-electron chi connectivity index (χ3n) is 6.67. The van der Waals surface area contributed by atoms with E-state index < -0.39 is 17.0 Å². The van der Waals surface area contributed by atoms with E-state index in [0.717, 1.165) is 11.8 Å². The first kappa shape index (κ1) is 35.0. The molecule has 39 heavy (non-hydrogen) atoms. The van der Waals surface area contributed by atoms with Crippen LogP contribution >= 0.6 is 34.5 Å². The quantitative estimate of drug-likeness (QED) is 0.0824. The number of halogens is 2. The Labute approximate surface area is 258 Å². The average molecular weight is 637 g/mol. The molecule has 0 radical (unpaired) electrons. The molecule has 214 valence electrons. The molecule has 0 nitrogen and oxygen atoms in total. The summed E-state index contributed by atoms with van der Waals surface area (Å²) in [6.07, 6.45) is 11.0. The van der Waals surface area contributed by atoms with Crippen molar-refractivity contribution in [3.05, 3.63) is 72.8 Å². The molecule has 4 aromatic rings. The zero-order valence-corrected chi connectivity index (χ0v) is 29.8. The Bertz CT molecular complexity index is 1100. The van der Waals surface area contributed by atoms with E-state index in [4.69, 9.17) is 18.6 Å². The van der Waals surface area contributed by atoms with Gasteiger partial charge in [-0.3, -0.25) is 0 Å². The van der Waals surface area contributed by atoms with Crippen molar-refractivity contribution in [1.29, 1.82) is 0 Å². The van der Waals surface area contributed by atoms with Crippen molar-refractivity contribution in [3.8, 4) is 0 Å². The van der Waals surface area contributed by atoms with E-state index in [2.05, 4.69) is 114 Å². The van der Waals surface area contributed by atoms with Crippen molar-refractivity contribution >= 4 is 66.6 Å². The summed E-state index contributed by atoms with van der Waals surface area (Å²) in [5.41, 5.74) is 0. The van der Waals surface area contributed by atoms with Crippen LogP contribution in [0.2, 0.25) is 0 Å². The zero-order valence-electron chi connectivity index (χ0n) is 24.9. The fourth-order valence-corrected chi connectivity index (χ4v) is 10.6. The Morgan fingerprint density at radius 2 is 1.05 bits per heavy atom. The number of hydrogen-bond donors (Lipinski definition) is 0. The molecular weight excluding hydrogens is 589 g/mol. The Balaban J connectivity index is 0.000000249. The van der Waals surface area contributed by atoms with Crippen molar-refractivity contribution in [1.82, 2.24) is 0 Å². The third kappa shape index (κ3) is 12.7. The molecule has 0 spiro atoms. The second-order valence-corrected chi connectivity index (χ2v) is 18.5. The van der Waals surface area contributed by atoms with Crippen LogP contribution in [0, 0.1) is 11.8 Å². The Morgan fingerprint density at radius 3 is 1.41 bits per heavy atom. The van der Waals surface area contributed by atoms with E-state index in [0.29, 0.717) is 0 Å². The molecule has 0 N–H and O–H groups in total. The Hall–Kier alpha value is -0.186. The van der Waals surface area contributed by atoms with Gasteiger partial charge in [-0.25, -0.2) is 0 Å². The standard InChI is InChI=1S/2C17H24P.2ClH.Ti/c1-13(2)11-18(12-14(3)4)17-9-15-7-5-6-8-16(15)10-17;1-3-5-11-18(12-6-4-2)17-13-15-9-7-8-10-16(15)14-17;;;/h5-10,13-14H,11-12H2,1-4H3;7-10,13-14H,3-6,11-12H2,1-2H3;2*1H;/q2*-1;;;+2/p-2. The number of rotatable bonds is 12. The van der Waals surface area contributed by atoms with Gasteiger partial charge in [0.15, 0.2) is 0 Å². The summed E-state index contributed by atoms with van der Waals surface area (Å²) in [6, 6.07) is 27.2. The molecule has 0 saturated heterocycles. The van der Waals surface area contributed by atoms with Crippen LogP contribution < -0.4 is 10.6 Å². The van der Waals surface area contributed by atoms with Crippen molar-refractivity contribution < 1.29 is 17.0 Å². The minimum atomic E-state index is -0.556. The van der Waals surface area contributed by atoms with Gasteiger partial charge >= 0.3 is 35.6 Å². The van der Waals surface area contributed by atoms with Gasteiger partial charge in [0.05, 0.1) is 0 Å². The molecule has 0 fully saturated rings. The van der Waals surface area contributed by atoms with E-state index in [9.17, 15) is 0 Å². The number of benzene rings is 2. The Kier molecular flexibility index (Phi) is 17.8. The molecule has 4 aromatic carbocycles. The van der Waals surface area contributed by atoms with Crippen LogP contribution in [-0.4, -0.2) is 24.6 Å². The second kappa shape index (κ2) is 19.8. The summed E-state index contributed by atoms with van der Waals surface area (Å²) in [5.74, 6) is 1.60. The molecule has 0 aliphatic heterocycles. The molecule has 0 amide bonds. The molecule has 0 bridgehead atoms. The summed E-state index contributed by atoms with van der Waals surface area (Å²) >= 11 is -0.556. The fraction of sp³-hybridized carbons (Fsp3) is 0.471. The van der Waals surface area contributed by atoms with Crippen LogP contribution in [0.15, 0.2) is 72.8 Å². The fourth-order valence-electron chi connectivity index (χ4n) is 4.87. The van der Waals surface area contributed by atoms with Crippen LogP contribution in [0.3, 0.4) is 0 Å². The maximum absolute atomic E-state index is 4.89. The van der Waals surface area contributed by atoms with Gasteiger partial charge in [-0.1, -0.05) is 82.4 Å². The average Bonchev–Trinajstić information content (AvgIpc) is 3.53. The minimum absolute atomic E-state index is 0.0185. The first-order valence-corrected chi connectivity index (χ1v) is 22.3. The number of hydrogen-bond acceptors (Lipinski definition) is 0. The molecule has 4 rings (SSSR count). The van der Waals surface area contributed by atoms with Gasteiger partial charge in [0.1, 0.15) is 0 Å². The van der Waals surface area contributed by atoms with Gasteiger partial charge in [0.2, 0.25) is 0 Å². The van der Waals surface area contributed by atoms with Gasteiger partial charge in [-0.2, -0.15) is 12.1 Å². The molecule has 0 unspecified atom stereocenters. The van der Waals surface area contributed by atoms with E-state index in [-0.39, 0.29) is 15.8 Å². The molecule has 5 heteroatoms. The van der Waals surface area contributed by atoms with Crippen LogP contribution in [0.4, 0.5) is 0 Å². The van der Waals surface area contributed by atoms with Gasteiger partial charge in [-0.05, 0) is 49.3 Å². The number of unbranched alkanes of at least 4 members (excludes halogenated alkanes) is 2.